The summed E-state index contributed by atoms with van der Waals surface area (Å²) in [6.45, 7) is 8.23. The third kappa shape index (κ3) is 2.88. The molecule has 0 radical (unpaired) electrons. The van der Waals surface area contributed by atoms with Crippen molar-refractivity contribution in [3.05, 3.63) is 23.3 Å². The molecule has 96 valence electrons. The van der Waals surface area contributed by atoms with Crippen LogP contribution in [0.15, 0.2) is 12.1 Å². The standard InChI is InChI=1S/C14H18N2OS/c1-8(2)5-13(17)16-14-15-11-6-9(3)10(4)7-12(11)18-14/h6-8H,5H2,1-4H3,(H,15,16,17). The molecule has 0 aliphatic rings. The number of nitrogens with one attached hydrogen (secondary N) is 1. The molecule has 0 spiro atoms. The van der Waals surface area contributed by atoms with Crippen molar-refractivity contribution in [3.63, 3.8) is 0 Å². The van der Waals surface area contributed by atoms with E-state index < -0.39 is 0 Å². The number of carbonyl (C=O) groups is 1. The van der Waals surface area contributed by atoms with Gasteiger partial charge in [-0.25, -0.2) is 4.98 Å². The Bertz CT molecular complexity index is 548. The molecule has 4 heteroatoms. The van der Waals surface area contributed by atoms with Crippen molar-refractivity contribution in [2.45, 2.75) is 34.1 Å². The van der Waals surface area contributed by atoms with Crippen LogP contribution in [0.5, 0.6) is 0 Å². The summed E-state index contributed by atoms with van der Waals surface area (Å²) >= 11 is 1.53. The van der Waals surface area contributed by atoms with Crippen LogP contribution in [0.1, 0.15) is 31.4 Å². The Kier molecular flexibility index (Phi) is 3.66. The molecular formula is C14H18N2OS. The van der Waals surface area contributed by atoms with Gasteiger partial charge in [0, 0.05) is 6.42 Å². The molecule has 1 heterocycles. The highest BCUT2D eigenvalue weighted by molar-refractivity contribution is 7.22. The fourth-order valence-electron chi connectivity index (χ4n) is 1.77. The van der Waals surface area contributed by atoms with Crippen molar-refractivity contribution >= 4 is 32.6 Å². The number of anilines is 1. The Morgan fingerprint density at radius 2 is 2.00 bits per heavy atom. The third-order valence-electron chi connectivity index (χ3n) is 2.84. The largest absolute Gasteiger partial charge is 0.302 e. The summed E-state index contributed by atoms with van der Waals surface area (Å²) in [7, 11) is 0. The Morgan fingerprint density at radius 1 is 1.33 bits per heavy atom. The molecule has 1 aromatic heterocycles. The number of aryl methyl sites for hydroxylation is 2. The number of carbonyl (C=O) groups excluding carboxylic acids is 1. The van der Waals surface area contributed by atoms with Crippen molar-refractivity contribution in [1.29, 1.82) is 0 Å². The lowest BCUT2D eigenvalue weighted by atomic mass is 10.1. The molecule has 1 amide bonds. The number of hydrogen-bond acceptors (Lipinski definition) is 3. The first-order valence-electron chi connectivity index (χ1n) is 6.13. The molecule has 0 saturated heterocycles. The Labute approximate surface area is 111 Å². The topological polar surface area (TPSA) is 42.0 Å². The van der Waals surface area contributed by atoms with Crippen LogP contribution in [-0.4, -0.2) is 10.9 Å². The summed E-state index contributed by atoms with van der Waals surface area (Å²) in [5, 5.41) is 3.57. The lowest BCUT2D eigenvalue weighted by molar-refractivity contribution is -0.116. The first-order chi connectivity index (χ1) is 8.45. The molecule has 0 aliphatic heterocycles. The fourth-order valence-corrected chi connectivity index (χ4v) is 2.74. The number of aromatic nitrogens is 1. The highest BCUT2D eigenvalue weighted by Gasteiger charge is 2.10. The molecule has 18 heavy (non-hydrogen) atoms. The second-order valence-corrected chi connectivity index (χ2v) is 6.10. The SMILES string of the molecule is Cc1cc2nc(NC(=O)CC(C)C)sc2cc1C. The minimum atomic E-state index is 0.0394. The molecule has 1 N–H and O–H groups in total. The summed E-state index contributed by atoms with van der Waals surface area (Å²) in [6, 6.07) is 4.19. The maximum Gasteiger partial charge on any atom is 0.226 e. The van der Waals surface area contributed by atoms with Crippen LogP contribution < -0.4 is 5.32 Å². The predicted octanol–water partition coefficient (Wildman–Crippen LogP) is 3.90. The summed E-state index contributed by atoms with van der Waals surface area (Å²) in [4.78, 5) is 16.1. The van der Waals surface area contributed by atoms with Crippen LogP contribution in [0.4, 0.5) is 5.13 Å². The van der Waals surface area contributed by atoms with Crippen molar-refractivity contribution in [1.82, 2.24) is 4.98 Å². The number of nitrogens with zero attached hydrogens (tertiary/aromatic N) is 1. The number of rotatable bonds is 3. The maximum absolute atomic E-state index is 11.7. The summed E-state index contributed by atoms with van der Waals surface area (Å²) < 4.78 is 1.12. The van der Waals surface area contributed by atoms with Gasteiger partial charge < -0.3 is 5.32 Å². The van der Waals surface area contributed by atoms with Crippen LogP contribution in [0.25, 0.3) is 10.2 Å². The van der Waals surface area contributed by atoms with Gasteiger partial charge in [-0.1, -0.05) is 25.2 Å². The van der Waals surface area contributed by atoms with Gasteiger partial charge in [-0.05, 0) is 43.0 Å². The van der Waals surface area contributed by atoms with E-state index in [0.717, 1.165) is 10.2 Å². The lowest BCUT2D eigenvalue weighted by Crippen LogP contribution is -2.13. The van der Waals surface area contributed by atoms with Gasteiger partial charge in [0.1, 0.15) is 0 Å². The van der Waals surface area contributed by atoms with Gasteiger partial charge in [0.05, 0.1) is 10.2 Å². The quantitative estimate of drug-likeness (QED) is 0.911. The lowest BCUT2D eigenvalue weighted by Gasteiger charge is -2.03. The number of benzene rings is 1. The van der Waals surface area contributed by atoms with E-state index in [2.05, 4.69) is 36.3 Å². The minimum Gasteiger partial charge on any atom is -0.302 e. The molecule has 2 aromatic rings. The Hall–Kier alpha value is -1.42. The number of hydrogen-bond donors (Lipinski definition) is 1. The highest BCUT2D eigenvalue weighted by Crippen LogP contribution is 2.28. The molecule has 0 bridgehead atoms. The van der Waals surface area contributed by atoms with Gasteiger partial charge in [0.25, 0.3) is 0 Å². The summed E-state index contributed by atoms with van der Waals surface area (Å²) in [6.07, 6.45) is 0.536. The van der Waals surface area contributed by atoms with E-state index in [9.17, 15) is 4.79 Å². The van der Waals surface area contributed by atoms with E-state index in [4.69, 9.17) is 0 Å². The van der Waals surface area contributed by atoms with Gasteiger partial charge in [0.15, 0.2) is 5.13 Å². The molecular weight excluding hydrogens is 244 g/mol. The smallest absolute Gasteiger partial charge is 0.226 e. The molecule has 1 aromatic carbocycles. The van der Waals surface area contributed by atoms with Crippen molar-refractivity contribution < 1.29 is 4.79 Å². The van der Waals surface area contributed by atoms with Gasteiger partial charge in [-0.2, -0.15) is 0 Å². The third-order valence-corrected chi connectivity index (χ3v) is 3.78. The zero-order chi connectivity index (χ0) is 13.3. The first-order valence-corrected chi connectivity index (χ1v) is 6.95. The van der Waals surface area contributed by atoms with Crippen LogP contribution >= 0.6 is 11.3 Å². The highest BCUT2D eigenvalue weighted by atomic mass is 32.1. The van der Waals surface area contributed by atoms with Gasteiger partial charge in [0.2, 0.25) is 5.91 Å². The molecule has 0 unspecified atom stereocenters. The zero-order valence-corrected chi connectivity index (χ0v) is 12.0. The van der Waals surface area contributed by atoms with Crippen molar-refractivity contribution in [2.75, 3.05) is 5.32 Å². The van der Waals surface area contributed by atoms with E-state index in [1.807, 2.05) is 13.8 Å². The summed E-state index contributed by atoms with van der Waals surface area (Å²) in [5.41, 5.74) is 3.45. The predicted molar refractivity (Wildman–Crippen MR) is 77.2 cm³/mol. The van der Waals surface area contributed by atoms with E-state index in [-0.39, 0.29) is 5.91 Å². The van der Waals surface area contributed by atoms with E-state index >= 15 is 0 Å². The van der Waals surface area contributed by atoms with E-state index in [0.29, 0.717) is 17.5 Å². The van der Waals surface area contributed by atoms with Crippen LogP contribution in [0, 0.1) is 19.8 Å². The van der Waals surface area contributed by atoms with Gasteiger partial charge >= 0.3 is 0 Å². The molecule has 0 fully saturated rings. The van der Waals surface area contributed by atoms with Crippen LogP contribution in [0.3, 0.4) is 0 Å². The normalized spacial score (nSPS) is 11.2. The molecule has 0 saturated carbocycles. The zero-order valence-electron chi connectivity index (χ0n) is 11.2. The number of amides is 1. The number of fused-ring (bicyclic) bond motifs is 1. The van der Waals surface area contributed by atoms with Gasteiger partial charge in [-0.3, -0.25) is 4.79 Å². The van der Waals surface area contributed by atoms with Crippen molar-refractivity contribution in [3.8, 4) is 0 Å². The maximum atomic E-state index is 11.7. The Morgan fingerprint density at radius 3 is 2.67 bits per heavy atom. The molecule has 3 nitrogen and oxygen atoms in total. The van der Waals surface area contributed by atoms with Gasteiger partial charge in [-0.15, -0.1) is 0 Å². The molecule has 0 aliphatic carbocycles. The second-order valence-electron chi connectivity index (χ2n) is 5.07. The molecule has 2 rings (SSSR count). The Balaban J connectivity index is 2.22. The average Bonchev–Trinajstić information content (AvgIpc) is 2.58. The second kappa shape index (κ2) is 5.06. The minimum absolute atomic E-state index is 0.0394. The fraction of sp³-hybridized carbons (Fsp3) is 0.429. The summed E-state index contributed by atoms with van der Waals surface area (Å²) in [5.74, 6) is 0.404. The van der Waals surface area contributed by atoms with E-state index in [1.54, 1.807) is 0 Å². The average molecular weight is 262 g/mol. The van der Waals surface area contributed by atoms with Crippen molar-refractivity contribution in [2.24, 2.45) is 5.92 Å². The monoisotopic (exact) mass is 262 g/mol. The van der Waals surface area contributed by atoms with Crippen LogP contribution in [0.2, 0.25) is 0 Å². The van der Waals surface area contributed by atoms with E-state index in [1.165, 1.54) is 22.5 Å². The molecule has 0 atom stereocenters. The first kappa shape index (κ1) is 13.0. The van der Waals surface area contributed by atoms with Crippen LogP contribution in [-0.2, 0) is 4.79 Å². The number of thiazole rings is 1.